The van der Waals surface area contributed by atoms with Crippen LogP contribution in [0.5, 0.6) is 0 Å². The van der Waals surface area contributed by atoms with E-state index in [2.05, 4.69) is 20.2 Å². The highest BCUT2D eigenvalue weighted by atomic mass is 19.4. The molecular weight excluding hydrogens is 336 g/mol. The summed E-state index contributed by atoms with van der Waals surface area (Å²) in [6.45, 7) is 0. The Balaban J connectivity index is 1.98. The second-order valence-electron chi connectivity index (χ2n) is 5.48. The number of alkyl halides is 3. The van der Waals surface area contributed by atoms with E-state index in [1.54, 1.807) is 18.2 Å². The van der Waals surface area contributed by atoms with Crippen molar-refractivity contribution in [3.63, 3.8) is 0 Å². The van der Waals surface area contributed by atoms with Gasteiger partial charge in [0.25, 0.3) is 0 Å². The second-order valence-corrected chi connectivity index (χ2v) is 5.48. The number of H-pyrrole nitrogens is 2. The summed E-state index contributed by atoms with van der Waals surface area (Å²) in [6.07, 6.45) is -1.03. The van der Waals surface area contributed by atoms with E-state index in [9.17, 15) is 17.6 Å². The Labute approximate surface area is 138 Å². The lowest BCUT2D eigenvalue weighted by atomic mass is 10.0. The maximum absolute atomic E-state index is 13.4. The maximum atomic E-state index is 13.4. The molecule has 0 saturated heterocycles. The third-order valence-electron chi connectivity index (χ3n) is 3.91. The third-order valence-corrected chi connectivity index (χ3v) is 3.91. The molecule has 3 aromatic heterocycles. The number of aromatic nitrogens is 4. The fourth-order valence-electron chi connectivity index (χ4n) is 2.77. The van der Waals surface area contributed by atoms with Crippen molar-refractivity contribution in [1.82, 2.24) is 20.2 Å². The van der Waals surface area contributed by atoms with Gasteiger partial charge in [-0.05, 0) is 35.9 Å². The van der Waals surface area contributed by atoms with Gasteiger partial charge in [-0.1, -0.05) is 0 Å². The number of hydrogen-bond acceptors (Lipinski definition) is 2. The van der Waals surface area contributed by atoms with E-state index in [-0.39, 0.29) is 5.56 Å². The van der Waals surface area contributed by atoms with Crippen molar-refractivity contribution in [2.75, 3.05) is 0 Å². The van der Waals surface area contributed by atoms with Gasteiger partial charge in [-0.2, -0.15) is 18.3 Å². The van der Waals surface area contributed by atoms with E-state index < -0.39 is 17.6 Å². The molecule has 0 aliphatic heterocycles. The van der Waals surface area contributed by atoms with Crippen molar-refractivity contribution in [1.29, 1.82) is 0 Å². The average molecular weight is 346 g/mol. The predicted octanol–water partition coefficient (Wildman–Crippen LogP) is 4.78. The minimum Gasteiger partial charge on any atom is -0.339 e. The molecule has 4 rings (SSSR count). The van der Waals surface area contributed by atoms with Gasteiger partial charge in [0.1, 0.15) is 11.5 Å². The monoisotopic (exact) mass is 346 g/mol. The molecule has 3 heterocycles. The van der Waals surface area contributed by atoms with Crippen LogP contribution in [0.25, 0.3) is 33.4 Å². The zero-order valence-electron chi connectivity index (χ0n) is 12.5. The highest BCUT2D eigenvalue weighted by molar-refractivity contribution is 5.97. The number of pyridine rings is 1. The molecule has 0 aliphatic rings. The molecule has 0 amide bonds. The summed E-state index contributed by atoms with van der Waals surface area (Å²) in [5.41, 5.74) is 0.965. The molecule has 0 atom stereocenters. The summed E-state index contributed by atoms with van der Waals surface area (Å²) in [6, 6.07) is 7.23. The van der Waals surface area contributed by atoms with Crippen molar-refractivity contribution in [3.05, 3.63) is 60.3 Å². The highest BCUT2D eigenvalue weighted by Gasteiger charge is 2.35. The Morgan fingerprint density at radius 3 is 2.36 bits per heavy atom. The van der Waals surface area contributed by atoms with Crippen LogP contribution in [0.1, 0.15) is 5.56 Å². The molecule has 4 nitrogen and oxygen atoms in total. The van der Waals surface area contributed by atoms with Gasteiger partial charge in [-0.25, -0.2) is 9.37 Å². The zero-order valence-corrected chi connectivity index (χ0v) is 12.5. The number of nitrogens with one attached hydrogen (secondary N) is 2. The first-order chi connectivity index (χ1) is 11.9. The molecule has 0 aliphatic carbocycles. The SMILES string of the molecule is Fc1ccc(-c2cc3c(-c4cn[nH]c4)c(C(F)(F)F)cnc3[nH]2)cc1. The number of rotatable bonds is 2. The smallest absolute Gasteiger partial charge is 0.339 e. The molecule has 0 spiro atoms. The lowest BCUT2D eigenvalue weighted by molar-refractivity contribution is -0.137. The first kappa shape index (κ1) is 15.4. The van der Waals surface area contributed by atoms with Crippen LogP contribution in [-0.4, -0.2) is 20.2 Å². The maximum Gasteiger partial charge on any atom is 0.418 e. The van der Waals surface area contributed by atoms with Crippen LogP contribution in [0.2, 0.25) is 0 Å². The summed E-state index contributed by atoms with van der Waals surface area (Å²) in [5, 5.41) is 6.58. The van der Waals surface area contributed by atoms with E-state index in [1.807, 2.05) is 0 Å². The first-order valence-electron chi connectivity index (χ1n) is 7.27. The third kappa shape index (κ3) is 2.65. The molecular formula is C17H10F4N4. The summed E-state index contributed by atoms with van der Waals surface area (Å²) in [7, 11) is 0. The van der Waals surface area contributed by atoms with E-state index in [0.29, 0.717) is 27.9 Å². The molecule has 0 saturated carbocycles. The summed E-state index contributed by atoms with van der Waals surface area (Å²) < 4.78 is 53.3. The van der Waals surface area contributed by atoms with E-state index in [4.69, 9.17) is 0 Å². The first-order valence-corrected chi connectivity index (χ1v) is 7.27. The second kappa shape index (κ2) is 5.44. The number of aromatic amines is 2. The van der Waals surface area contributed by atoms with Crippen LogP contribution >= 0.6 is 0 Å². The minimum absolute atomic E-state index is 0.00383. The normalized spacial score (nSPS) is 12.0. The van der Waals surface area contributed by atoms with Crippen molar-refractivity contribution < 1.29 is 17.6 Å². The zero-order chi connectivity index (χ0) is 17.6. The number of fused-ring (bicyclic) bond motifs is 1. The summed E-state index contributed by atoms with van der Waals surface area (Å²) >= 11 is 0. The Morgan fingerprint density at radius 1 is 0.960 bits per heavy atom. The van der Waals surface area contributed by atoms with Gasteiger partial charge < -0.3 is 4.98 Å². The number of nitrogens with zero attached hydrogens (tertiary/aromatic N) is 2. The van der Waals surface area contributed by atoms with E-state index >= 15 is 0 Å². The Kier molecular flexibility index (Phi) is 3.34. The average Bonchev–Trinajstić information content (AvgIpc) is 3.23. The van der Waals surface area contributed by atoms with Crippen molar-refractivity contribution in [2.45, 2.75) is 6.18 Å². The summed E-state index contributed by atoms with van der Waals surface area (Å²) in [4.78, 5) is 6.88. The molecule has 0 radical (unpaired) electrons. The molecule has 2 N–H and O–H groups in total. The Bertz CT molecular complexity index is 1030. The van der Waals surface area contributed by atoms with Gasteiger partial charge in [0.15, 0.2) is 0 Å². The standard InChI is InChI=1S/C17H10F4N4/c18-11-3-1-9(2-4-11)14-5-12-15(10-6-23-24-7-10)13(17(19,20)21)8-22-16(12)25-14/h1-8H,(H,22,25)(H,23,24). The fourth-order valence-corrected chi connectivity index (χ4v) is 2.77. The van der Waals surface area contributed by atoms with Crippen molar-refractivity contribution in [3.8, 4) is 22.4 Å². The van der Waals surface area contributed by atoms with Crippen LogP contribution < -0.4 is 0 Å². The lowest BCUT2D eigenvalue weighted by Gasteiger charge is -2.12. The van der Waals surface area contributed by atoms with Crippen molar-refractivity contribution in [2.24, 2.45) is 0 Å². The van der Waals surface area contributed by atoms with Crippen molar-refractivity contribution >= 4 is 11.0 Å². The quantitative estimate of drug-likeness (QED) is 0.513. The van der Waals surface area contributed by atoms with Crippen LogP contribution in [0.15, 0.2) is 48.9 Å². The topological polar surface area (TPSA) is 57.4 Å². The Morgan fingerprint density at radius 2 is 1.72 bits per heavy atom. The largest absolute Gasteiger partial charge is 0.418 e. The van der Waals surface area contributed by atoms with Crippen LogP contribution in [-0.2, 0) is 6.18 Å². The van der Waals surface area contributed by atoms with Gasteiger partial charge in [-0.15, -0.1) is 0 Å². The molecule has 0 bridgehead atoms. The number of halogens is 4. The van der Waals surface area contributed by atoms with Gasteiger partial charge in [0.2, 0.25) is 0 Å². The molecule has 0 fully saturated rings. The minimum atomic E-state index is -4.55. The van der Waals surface area contributed by atoms with Crippen LogP contribution in [0, 0.1) is 5.82 Å². The molecule has 8 heteroatoms. The van der Waals surface area contributed by atoms with Gasteiger partial charge in [-0.3, -0.25) is 5.10 Å². The van der Waals surface area contributed by atoms with Crippen LogP contribution in [0.4, 0.5) is 17.6 Å². The molecule has 0 unspecified atom stereocenters. The molecule has 25 heavy (non-hydrogen) atoms. The van der Waals surface area contributed by atoms with Gasteiger partial charge in [0.05, 0.1) is 11.8 Å². The predicted molar refractivity (Wildman–Crippen MR) is 84.1 cm³/mol. The number of benzene rings is 1. The molecule has 1 aromatic carbocycles. The van der Waals surface area contributed by atoms with E-state index in [0.717, 1.165) is 6.20 Å². The highest BCUT2D eigenvalue weighted by Crippen LogP contribution is 2.41. The summed E-state index contributed by atoms with van der Waals surface area (Å²) in [5.74, 6) is -0.392. The molecule has 126 valence electrons. The lowest BCUT2D eigenvalue weighted by Crippen LogP contribution is -2.08. The fraction of sp³-hybridized carbons (Fsp3) is 0.0588. The van der Waals surface area contributed by atoms with Crippen LogP contribution in [0.3, 0.4) is 0 Å². The molecule has 4 aromatic rings. The number of hydrogen-bond donors (Lipinski definition) is 2. The van der Waals surface area contributed by atoms with Gasteiger partial charge in [0, 0.05) is 34.6 Å². The van der Waals surface area contributed by atoms with Gasteiger partial charge >= 0.3 is 6.18 Å². The Hall–Kier alpha value is -3.16. The van der Waals surface area contributed by atoms with E-state index in [1.165, 1.54) is 24.5 Å².